The quantitative estimate of drug-likeness (QED) is 0.544. The molecule has 0 saturated heterocycles. The minimum atomic E-state index is -0.595. The predicted octanol–water partition coefficient (Wildman–Crippen LogP) is 3.43. The van der Waals surface area contributed by atoms with Gasteiger partial charge in [0.2, 0.25) is 11.8 Å². The monoisotopic (exact) mass is 499 g/mol. The Balaban J connectivity index is 1.41. The Morgan fingerprint density at radius 3 is 2.65 bits per heavy atom. The smallest absolute Gasteiger partial charge is 0.243 e. The molecule has 2 heterocycles. The van der Waals surface area contributed by atoms with Gasteiger partial charge < -0.3 is 20.5 Å². The summed E-state index contributed by atoms with van der Waals surface area (Å²) in [6, 6.07) is 15.5. The summed E-state index contributed by atoms with van der Waals surface area (Å²) in [5.74, 6) is -0.178. The van der Waals surface area contributed by atoms with Crippen molar-refractivity contribution in [3.63, 3.8) is 0 Å². The van der Waals surface area contributed by atoms with Crippen molar-refractivity contribution < 1.29 is 9.59 Å². The number of aromatic nitrogens is 2. The van der Waals surface area contributed by atoms with Crippen molar-refractivity contribution in [3.8, 4) is 0 Å². The van der Waals surface area contributed by atoms with Crippen molar-refractivity contribution in [1.82, 2.24) is 19.8 Å². The van der Waals surface area contributed by atoms with Crippen LogP contribution in [-0.2, 0) is 35.5 Å². The molecule has 3 atom stereocenters. The van der Waals surface area contributed by atoms with Gasteiger partial charge in [0, 0.05) is 25.0 Å². The van der Waals surface area contributed by atoms with E-state index < -0.39 is 6.04 Å². The van der Waals surface area contributed by atoms with Gasteiger partial charge in [0.1, 0.15) is 6.04 Å². The molecular weight excluding hydrogens is 462 g/mol. The summed E-state index contributed by atoms with van der Waals surface area (Å²) < 4.78 is 2.13. The number of benzene rings is 2. The van der Waals surface area contributed by atoms with Crippen LogP contribution in [0.25, 0.3) is 0 Å². The van der Waals surface area contributed by atoms with Crippen molar-refractivity contribution in [2.45, 2.75) is 83.6 Å². The van der Waals surface area contributed by atoms with Crippen LogP contribution in [0.15, 0.2) is 54.9 Å². The molecule has 2 amide bonds. The average Bonchev–Trinajstić information content (AvgIpc) is 3.29. The van der Waals surface area contributed by atoms with Gasteiger partial charge in [-0.25, -0.2) is 4.98 Å². The molecule has 1 aliphatic carbocycles. The van der Waals surface area contributed by atoms with Gasteiger partial charge in [-0.1, -0.05) is 66.9 Å². The maximum absolute atomic E-state index is 13.6. The largest absolute Gasteiger partial charge is 0.350 e. The second-order valence-electron chi connectivity index (χ2n) is 10.7. The maximum Gasteiger partial charge on any atom is 0.243 e. The zero-order valence-corrected chi connectivity index (χ0v) is 21.8. The lowest BCUT2D eigenvalue weighted by Crippen LogP contribution is -2.58. The summed E-state index contributed by atoms with van der Waals surface area (Å²) in [6.45, 7) is 5.26. The summed E-state index contributed by atoms with van der Waals surface area (Å²) in [6.07, 6.45) is 6.47. The summed E-state index contributed by atoms with van der Waals surface area (Å²) in [7, 11) is 0. The number of aryl methyl sites for hydroxylation is 2. The van der Waals surface area contributed by atoms with Crippen LogP contribution in [0.5, 0.6) is 0 Å². The normalized spacial score (nSPS) is 21.4. The fourth-order valence-corrected chi connectivity index (χ4v) is 5.64. The van der Waals surface area contributed by atoms with Gasteiger partial charge in [0.15, 0.2) is 0 Å². The first-order chi connectivity index (χ1) is 17.9. The molecule has 5 rings (SSSR count). The van der Waals surface area contributed by atoms with Crippen molar-refractivity contribution in [2.75, 3.05) is 0 Å². The molecule has 0 radical (unpaired) electrons. The lowest BCUT2D eigenvalue weighted by molar-refractivity contribution is -0.142. The second-order valence-corrected chi connectivity index (χ2v) is 10.7. The second kappa shape index (κ2) is 10.9. The maximum atomic E-state index is 13.6. The van der Waals surface area contributed by atoms with Crippen LogP contribution in [0.2, 0.25) is 0 Å². The molecule has 7 heteroatoms. The molecule has 37 heavy (non-hydrogen) atoms. The van der Waals surface area contributed by atoms with Crippen molar-refractivity contribution >= 4 is 11.8 Å². The van der Waals surface area contributed by atoms with Crippen LogP contribution in [0.3, 0.4) is 0 Å². The fraction of sp³-hybridized carbons (Fsp3) is 0.433. The van der Waals surface area contributed by atoms with E-state index in [4.69, 9.17) is 10.7 Å². The zero-order valence-electron chi connectivity index (χ0n) is 21.8. The van der Waals surface area contributed by atoms with Gasteiger partial charge in [0.05, 0.1) is 30.7 Å². The fourth-order valence-electron chi connectivity index (χ4n) is 5.64. The van der Waals surface area contributed by atoms with Crippen LogP contribution in [0, 0.1) is 13.8 Å². The highest BCUT2D eigenvalue weighted by Gasteiger charge is 2.38. The van der Waals surface area contributed by atoms with Gasteiger partial charge in [-0.15, -0.1) is 0 Å². The van der Waals surface area contributed by atoms with E-state index in [-0.39, 0.29) is 30.3 Å². The third-order valence-electron chi connectivity index (χ3n) is 7.93. The third kappa shape index (κ3) is 5.62. The van der Waals surface area contributed by atoms with Crippen LogP contribution < -0.4 is 11.1 Å². The van der Waals surface area contributed by atoms with E-state index in [0.29, 0.717) is 19.5 Å². The molecule has 2 aliphatic rings. The first kappa shape index (κ1) is 25.2. The number of carbonyl (C=O) groups excluding carboxylic acids is 2. The molecular formula is C30H37N5O2. The van der Waals surface area contributed by atoms with E-state index in [1.165, 1.54) is 16.7 Å². The molecule has 1 saturated carbocycles. The Bertz CT molecular complexity index is 1270. The minimum Gasteiger partial charge on any atom is -0.350 e. The number of nitrogens with two attached hydrogens (primary N) is 1. The van der Waals surface area contributed by atoms with E-state index in [1.807, 2.05) is 36.7 Å². The van der Waals surface area contributed by atoms with Crippen LogP contribution >= 0.6 is 0 Å². The first-order valence-electron chi connectivity index (χ1n) is 13.4. The number of hydrogen-bond donors (Lipinski definition) is 2. The van der Waals surface area contributed by atoms with Crippen LogP contribution in [-0.4, -0.2) is 44.4 Å². The highest BCUT2D eigenvalue weighted by molar-refractivity contribution is 5.89. The van der Waals surface area contributed by atoms with E-state index in [0.717, 1.165) is 42.6 Å². The number of imidazole rings is 1. The van der Waals surface area contributed by atoms with Gasteiger partial charge >= 0.3 is 0 Å². The standard InChI is InChI=1S/C30H37N5O2/c1-20-12-13-21(2)23(14-20)17-34-19-32-26-16-27(30(37)33-25-11-7-6-10-24(25)31)35(18-28(26)34)29(36)15-22-8-4-3-5-9-22/h3-5,8-9,12-14,19,24-25,27H,6-7,10-11,15-18,31H2,1-2H3,(H,33,37). The minimum absolute atomic E-state index is 0.0397. The van der Waals surface area contributed by atoms with Crippen molar-refractivity contribution in [3.05, 3.63) is 88.5 Å². The summed E-state index contributed by atoms with van der Waals surface area (Å²) >= 11 is 0. The zero-order chi connectivity index (χ0) is 25.9. The Morgan fingerprint density at radius 1 is 1.08 bits per heavy atom. The number of hydrogen-bond acceptors (Lipinski definition) is 4. The molecule has 7 nitrogen and oxygen atoms in total. The summed E-state index contributed by atoms with van der Waals surface area (Å²) in [5.41, 5.74) is 12.8. The molecule has 1 aliphatic heterocycles. The number of fused-ring (bicyclic) bond motifs is 1. The molecule has 0 spiro atoms. The number of rotatable bonds is 6. The average molecular weight is 500 g/mol. The van der Waals surface area contributed by atoms with E-state index in [2.05, 4.69) is 41.9 Å². The molecule has 1 aromatic heterocycles. The number of nitrogens with one attached hydrogen (secondary N) is 1. The Morgan fingerprint density at radius 2 is 1.86 bits per heavy atom. The summed E-state index contributed by atoms with van der Waals surface area (Å²) in [5, 5.41) is 3.19. The number of carbonyl (C=O) groups is 2. The molecule has 3 N–H and O–H groups in total. The molecule has 194 valence electrons. The number of nitrogens with zero attached hydrogens (tertiary/aromatic N) is 3. The van der Waals surface area contributed by atoms with E-state index in [1.54, 1.807) is 4.90 Å². The van der Waals surface area contributed by atoms with Gasteiger partial charge in [-0.05, 0) is 43.4 Å². The molecule has 2 aromatic carbocycles. The molecule has 3 unspecified atom stereocenters. The highest BCUT2D eigenvalue weighted by Crippen LogP contribution is 2.26. The van der Waals surface area contributed by atoms with Crippen molar-refractivity contribution in [2.24, 2.45) is 5.73 Å². The van der Waals surface area contributed by atoms with Gasteiger partial charge in [-0.3, -0.25) is 9.59 Å². The molecule has 0 bridgehead atoms. The van der Waals surface area contributed by atoms with E-state index in [9.17, 15) is 9.59 Å². The highest BCUT2D eigenvalue weighted by atomic mass is 16.2. The molecule has 3 aromatic rings. The number of amides is 2. The SMILES string of the molecule is Cc1ccc(C)c(Cn2cnc3c2CN(C(=O)Cc2ccccc2)C(C(=O)NC2CCCCC2N)C3)c1. The Hall–Kier alpha value is -3.45. The van der Waals surface area contributed by atoms with Gasteiger partial charge in [0.25, 0.3) is 0 Å². The predicted molar refractivity (Wildman–Crippen MR) is 144 cm³/mol. The van der Waals surface area contributed by atoms with Crippen LogP contribution in [0.4, 0.5) is 0 Å². The van der Waals surface area contributed by atoms with E-state index >= 15 is 0 Å². The lowest BCUT2D eigenvalue weighted by Gasteiger charge is -2.37. The van der Waals surface area contributed by atoms with Gasteiger partial charge in [-0.2, -0.15) is 0 Å². The first-order valence-corrected chi connectivity index (χ1v) is 13.4. The van der Waals surface area contributed by atoms with Crippen LogP contribution in [0.1, 0.15) is 59.3 Å². The third-order valence-corrected chi connectivity index (χ3v) is 7.93. The molecule has 1 fully saturated rings. The van der Waals surface area contributed by atoms with Crippen molar-refractivity contribution in [1.29, 1.82) is 0 Å². The Kier molecular flexibility index (Phi) is 7.42. The lowest BCUT2D eigenvalue weighted by atomic mass is 9.90. The summed E-state index contributed by atoms with van der Waals surface area (Å²) in [4.78, 5) is 33.7. The topological polar surface area (TPSA) is 93.2 Å². The Labute approximate surface area is 219 Å².